The molecule has 1 saturated heterocycles. The number of hydrogen-bond donors (Lipinski definition) is 2. The Morgan fingerprint density at radius 2 is 2.29 bits per heavy atom. The average molecular weight is 237 g/mol. The number of morpholine rings is 1. The Kier molecular flexibility index (Phi) is 4.79. The third-order valence-corrected chi connectivity index (χ3v) is 2.78. The van der Waals surface area contributed by atoms with Crippen LogP contribution < -0.4 is 10.1 Å². The molecule has 1 heterocycles. The van der Waals surface area contributed by atoms with Gasteiger partial charge in [-0.2, -0.15) is 0 Å². The maximum absolute atomic E-state index is 8.97. The molecule has 0 bridgehead atoms. The Labute approximate surface area is 102 Å². The quantitative estimate of drug-likeness (QED) is 0.787. The van der Waals surface area contributed by atoms with E-state index in [0.717, 1.165) is 31.0 Å². The van der Waals surface area contributed by atoms with Crippen molar-refractivity contribution in [3.8, 4) is 5.75 Å². The van der Waals surface area contributed by atoms with Gasteiger partial charge in [-0.15, -0.1) is 0 Å². The molecule has 1 aromatic rings. The van der Waals surface area contributed by atoms with Gasteiger partial charge in [-0.1, -0.05) is 18.2 Å². The van der Waals surface area contributed by atoms with Gasteiger partial charge >= 0.3 is 0 Å². The molecular formula is C13H19NO3. The molecule has 2 N–H and O–H groups in total. The van der Waals surface area contributed by atoms with Crippen LogP contribution in [0.5, 0.6) is 5.75 Å². The molecule has 1 aliphatic heterocycles. The molecule has 1 aromatic carbocycles. The van der Waals surface area contributed by atoms with Gasteiger partial charge in [0.2, 0.25) is 0 Å². The molecule has 17 heavy (non-hydrogen) atoms. The molecule has 0 radical (unpaired) electrons. The molecule has 1 atom stereocenters. The van der Waals surface area contributed by atoms with Gasteiger partial charge in [0, 0.05) is 19.7 Å². The third kappa shape index (κ3) is 3.70. The number of rotatable bonds is 5. The summed E-state index contributed by atoms with van der Waals surface area (Å²) in [5.41, 5.74) is 1.04. The van der Waals surface area contributed by atoms with Crippen molar-refractivity contribution in [2.45, 2.75) is 12.5 Å². The molecule has 1 aliphatic rings. The zero-order valence-electron chi connectivity index (χ0n) is 9.89. The highest BCUT2D eigenvalue weighted by molar-refractivity contribution is 5.33. The summed E-state index contributed by atoms with van der Waals surface area (Å²) in [5.74, 6) is 0.843. The lowest BCUT2D eigenvalue weighted by atomic mass is 10.1. The first-order valence-electron chi connectivity index (χ1n) is 6.04. The smallest absolute Gasteiger partial charge is 0.122 e. The monoisotopic (exact) mass is 237 g/mol. The van der Waals surface area contributed by atoms with Crippen molar-refractivity contribution in [1.82, 2.24) is 5.32 Å². The molecule has 0 aliphatic carbocycles. The highest BCUT2D eigenvalue weighted by Gasteiger charge is 2.14. The maximum Gasteiger partial charge on any atom is 0.122 e. The molecule has 1 fully saturated rings. The molecule has 4 nitrogen and oxygen atoms in total. The number of aliphatic hydroxyl groups is 1. The van der Waals surface area contributed by atoms with Crippen molar-refractivity contribution >= 4 is 0 Å². The van der Waals surface area contributed by atoms with E-state index < -0.39 is 0 Å². The summed E-state index contributed by atoms with van der Waals surface area (Å²) in [6.45, 7) is 3.18. The second-order valence-electron chi connectivity index (χ2n) is 4.09. The van der Waals surface area contributed by atoms with Gasteiger partial charge in [0.25, 0.3) is 0 Å². The normalized spacial score (nSPS) is 20.2. The minimum atomic E-state index is 0.117. The van der Waals surface area contributed by atoms with Crippen LogP contribution in [0.2, 0.25) is 0 Å². The highest BCUT2D eigenvalue weighted by atomic mass is 16.5. The number of benzene rings is 1. The highest BCUT2D eigenvalue weighted by Crippen LogP contribution is 2.18. The van der Waals surface area contributed by atoms with E-state index in [-0.39, 0.29) is 12.7 Å². The summed E-state index contributed by atoms with van der Waals surface area (Å²) in [7, 11) is 0. The number of hydrogen-bond acceptors (Lipinski definition) is 4. The van der Waals surface area contributed by atoms with Crippen LogP contribution in [0.15, 0.2) is 24.3 Å². The number of para-hydroxylation sites is 1. The molecule has 0 aromatic heterocycles. The number of nitrogens with one attached hydrogen (secondary N) is 1. The standard InChI is InChI=1S/C13H19NO3/c15-7-5-11-3-1-2-4-13(11)17-10-12-9-14-6-8-16-12/h1-4,12,14-15H,5-10H2. The van der Waals surface area contributed by atoms with E-state index in [1.165, 1.54) is 0 Å². The summed E-state index contributed by atoms with van der Waals surface area (Å²) >= 11 is 0. The van der Waals surface area contributed by atoms with Crippen molar-refractivity contribution < 1.29 is 14.6 Å². The molecular weight excluding hydrogens is 218 g/mol. The Morgan fingerprint density at radius 3 is 3.06 bits per heavy atom. The second-order valence-corrected chi connectivity index (χ2v) is 4.09. The first-order chi connectivity index (χ1) is 8.40. The molecule has 4 heteroatoms. The van der Waals surface area contributed by atoms with Crippen molar-refractivity contribution in [1.29, 1.82) is 0 Å². The van der Waals surface area contributed by atoms with E-state index in [4.69, 9.17) is 14.6 Å². The van der Waals surface area contributed by atoms with Crippen LogP contribution in [0.3, 0.4) is 0 Å². The SMILES string of the molecule is OCCc1ccccc1OCC1CNCCO1. The average Bonchev–Trinajstić information content (AvgIpc) is 2.39. The first-order valence-corrected chi connectivity index (χ1v) is 6.04. The van der Waals surface area contributed by atoms with Gasteiger partial charge in [-0.05, 0) is 18.1 Å². The Morgan fingerprint density at radius 1 is 1.41 bits per heavy atom. The third-order valence-electron chi connectivity index (χ3n) is 2.78. The lowest BCUT2D eigenvalue weighted by Gasteiger charge is -2.24. The maximum atomic E-state index is 8.97. The molecule has 0 spiro atoms. The fourth-order valence-corrected chi connectivity index (χ4v) is 1.88. The summed E-state index contributed by atoms with van der Waals surface area (Å²) in [4.78, 5) is 0. The zero-order chi connectivity index (χ0) is 11.9. The first kappa shape index (κ1) is 12.4. The fourth-order valence-electron chi connectivity index (χ4n) is 1.88. The minimum Gasteiger partial charge on any atom is -0.491 e. The molecule has 1 unspecified atom stereocenters. The van der Waals surface area contributed by atoms with Gasteiger partial charge in [-0.3, -0.25) is 0 Å². The van der Waals surface area contributed by atoms with Gasteiger partial charge < -0.3 is 19.9 Å². The van der Waals surface area contributed by atoms with Gasteiger partial charge in [0.05, 0.1) is 6.61 Å². The lowest BCUT2D eigenvalue weighted by Crippen LogP contribution is -2.41. The summed E-state index contributed by atoms with van der Waals surface area (Å²) < 4.78 is 11.3. The van der Waals surface area contributed by atoms with E-state index in [2.05, 4.69) is 5.32 Å². The van der Waals surface area contributed by atoms with Gasteiger partial charge in [0.1, 0.15) is 18.5 Å². The lowest BCUT2D eigenvalue weighted by molar-refractivity contribution is -0.0000154. The molecule has 0 saturated carbocycles. The fraction of sp³-hybridized carbons (Fsp3) is 0.538. The van der Waals surface area contributed by atoms with Crippen LogP contribution in [-0.4, -0.2) is 44.1 Å². The van der Waals surface area contributed by atoms with Crippen LogP contribution >= 0.6 is 0 Å². The Balaban J connectivity index is 1.88. The van der Waals surface area contributed by atoms with Crippen LogP contribution in [0.25, 0.3) is 0 Å². The van der Waals surface area contributed by atoms with Crippen LogP contribution in [0.4, 0.5) is 0 Å². The predicted octanol–water partition coefficient (Wildman–Crippen LogP) is 0.589. The summed E-state index contributed by atoms with van der Waals surface area (Å²) in [6, 6.07) is 7.81. The van der Waals surface area contributed by atoms with E-state index in [1.54, 1.807) is 0 Å². The zero-order valence-corrected chi connectivity index (χ0v) is 9.89. The van der Waals surface area contributed by atoms with E-state index in [1.807, 2.05) is 24.3 Å². The van der Waals surface area contributed by atoms with Crippen molar-refractivity contribution in [3.05, 3.63) is 29.8 Å². The van der Waals surface area contributed by atoms with E-state index in [0.29, 0.717) is 13.0 Å². The molecule has 94 valence electrons. The minimum absolute atomic E-state index is 0.117. The van der Waals surface area contributed by atoms with Gasteiger partial charge in [-0.25, -0.2) is 0 Å². The number of ether oxygens (including phenoxy) is 2. The Bertz CT molecular complexity index is 337. The predicted molar refractivity (Wildman–Crippen MR) is 65.3 cm³/mol. The largest absolute Gasteiger partial charge is 0.491 e. The molecule has 0 amide bonds. The van der Waals surface area contributed by atoms with Crippen molar-refractivity contribution in [3.63, 3.8) is 0 Å². The van der Waals surface area contributed by atoms with E-state index >= 15 is 0 Å². The molecule has 2 rings (SSSR count). The van der Waals surface area contributed by atoms with Crippen molar-refractivity contribution in [2.75, 3.05) is 32.9 Å². The second kappa shape index (κ2) is 6.59. The number of aliphatic hydroxyl groups excluding tert-OH is 1. The van der Waals surface area contributed by atoms with Crippen molar-refractivity contribution in [2.24, 2.45) is 0 Å². The van der Waals surface area contributed by atoms with Gasteiger partial charge in [0.15, 0.2) is 0 Å². The van der Waals surface area contributed by atoms with Crippen LogP contribution in [-0.2, 0) is 11.2 Å². The topological polar surface area (TPSA) is 50.7 Å². The summed E-state index contributed by atoms with van der Waals surface area (Å²) in [6.07, 6.45) is 0.742. The Hall–Kier alpha value is -1.10. The van der Waals surface area contributed by atoms with Crippen LogP contribution in [0, 0.1) is 0 Å². The van der Waals surface area contributed by atoms with E-state index in [9.17, 15) is 0 Å². The summed E-state index contributed by atoms with van der Waals surface area (Å²) in [5, 5.41) is 12.2. The van der Waals surface area contributed by atoms with Crippen LogP contribution in [0.1, 0.15) is 5.56 Å².